The van der Waals surface area contributed by atoms with E-state index in [4.69, 9.17) is 0 Å². The minimum atomic E-state index is -2.35. The maximum Gasteiger partial charge on any atom is 0.158 e. The zero-order valence-electron chi connectivity index (χ0n) is 22.3. The van der Waals surface area contributed by atoms with Gasteiger partial charge in [-0.3, -0.25) is 0 Å². The Morgan fingerprint density at radius 3 is 1.64 bits per heavy atom. The van der Waals surface area contributed by atoms with Crippen molar-refractivity contribution in [3.8, 4) is 0 Å². The van der Waals surface area contributed by atoms with Crippen LogP contribution in [0.5, 0.6) is 0 Å². The molecule has 0 saturated heterocycles. The van der Waals surface area contributed by atoms with Gasteiger partial charge in [-0.1, -0.05) is 117 Å². The summed E-state index contributed by atoms with van der Waals surface area (Å²) in [6, 6.07) is 26.1. The van der Waals surface area contributed by atoms with Crippen LogP contribution in [0.4, 0.5) is 11.4 Å². The number of hydrogen-bond acceptors (Lipinski definition) is 1. The molecule has 33 heavy (non-hydrogen) atoms. The van der Waals surface area contributed by atoms with E-state index in [2.05, 4.69) is 141 Å². The molecule has 3 aromatic carbocycles. The van der Waals surface area contributed by atoms with E-state index in [1.165, 1.54) is 38.1 Å². The first-order valence-electron chi connectivity index (χ1n) is 12.3. The fraction of sp³-hybridized carbons (Fsp3) is 0.419. The molecule has 0 N–H and O–H groups in total. The lowest BCUT2D eigenvalue weighted by atomic mass is 9.87. The fourth-order valence-corrected chi connectivity index (χ4v) is 11.7. The first-order chi connectivity index (χ1) is 15.2. The number of anilines is 2. The highest BCUT2D eigenvalue weighted by Gasteiger charge is 2.54. The molecule has 2 heteroatoms. The van der Waals surface area contributed by atoms with Crippen LogP contribution in [0.25, 0.3) is 0 Å². The average molecular weight is 456 g/mol. The fourth-order valence-electron chi connectivity index (χ4n) is 5.72. The van der Waals surface area contributed by atoms with Crippen molar-refractivity contribution in [1.29, 1.82) is 0 Å². The number of rotatable bonds is 1. The second kappa shape index (κ2) is 7.60. The van der Waals surface area contributed by atoms with Crippen molar-refractivity contribution in [1.82, 2.24) is 0 Å². The minimum absolute atomic E-state index is 0.103. The summed E-state index contributed by atoms with van der Waals surface area (Å²) in [5.74, 6) is 0. The zero-order chi connectivity index (χ0) is 24.4. The molecule has 1 nitrogen and oxygen atoms in total. The van der Waals surface area contributed by atoms with Crippen molar-refractivity contribution in [2.75, 3.05) is 11.9 Å². The molecule has 0 aromatic heterocycles. The highest BCUT2D eigenvalue weighted by Crippen LogP contribution is 2.43. The predicted molar refractivity (Wildman–Crippen MR) is 149 cm³/mol. The zero-order valence-corrected chi connectivity index (χ0v) is 23.3. The predicted octanol–water partition coefficient (Wildman–Crippen LogP) is 6.63. The first kappa shape index (κ1) is 23.8. The van der Waals surface area contributed by atoms with Gasteiger partial charge in [0.2, 0.25) is 0 Å². The quantitative estimate of drug-likeness (QED) is 0.372. The standard InChI is InChI=1S/C31H41NSi/c1-29(2,3)22-15-18-24(19-16-22)33(31(7,8)9)27-14-12-11-13-25(27)32(10)26-21-23(30(4,5)6)17-20-28(26)33/h11-21H,1-10H3. The number of nitrogens with zero attached hydrogens (tertiary/aromatic N) is 1. The van der Waals surface area contributed by atoms with Gasteiger partial charge < -0.3 is 4.90 Å². The lowest BCUT2D eigenvalue weighted by Gasteiger charge is -2.51. The van der Waals surface area contributed by atoms with Crippen LogP contribution in [-0.2, 0) is 10.8 Å². The van der Waals surface area contributed by atoms with E-state index in [9.17, 15) is 0 Å². The summed E-state index contributed by atoms with van der Waals surface area (Å²) in [4.78, 5) is 2.43. The second-order valence-corrected chi connectivity index (χ2v) is 17.5. The summed E-state index contributed by atoms with van der Waals surface area (Å²) in [5, 5.41) is 4.67. The molecule has 3 aromatic rings. The van der Waals surface area contributed by atoms with Gasteiger partial charge in [0.1, 0.15) is 0 Å². The van der Waals surface area contributed by atoms with Crippen LogP contribution >= 0.6 is 0 Å². The second-order valence-electron chi connectivity index (χ2n) is 12.9. The molecule has 0 bridgehead atoms. The normalized spacial score (nSPS) is 18.7. The van der Waals surface area contributed by atoms with Crippen molar-refractivity contribution in [2.45, 2.75) is 78.2 Å². The molecule has 1 aliphatic heterocycles. The van der Waals surface area contributed by atoms with Crippen LogP contribution in [0.15, 0.2) is 66.7 Å². The molecule has 1 heterocycles. The molecule has 174 valence electrons. The molecule has 1 unspecified atom stereocenters. The Morgan fingerprint density at radius 2 is 1.09 bits per heavy atom. The smallest absolute Gasteiger partial charge is 0.158 e. The highest BCUT2D eigenvalue weighted by atomic mass is 28.3. The Balaban J connectivity index is 2.11. The molecule has 0 saturated carbocycles. The van der Waals surface area contributed by atoms with E-state index >= 15 is 0 Å². The van der Waals surface area contributed by atoms with Gasteiger partial charge in [-0.15, -0.1) is 0 Å². The monoisotopic (exact) mass is 455 g/mol. The molecule has 4 rings (SSSR count). The maximum absolute atomic E-state index is 2.47. The largest absolute Gasteiger partial charge is 0.345 e. The van der Waals surface area contributed by atoms with Crippen LogP contribution in [-0.4, -0.2) is 15.1 Å². The Bertz CT molecular complexity index is 1170. The van der Waals surface area contributed by atoms with Crippen molar-refractivity contribution in [3.05, 3.63) is 77.9 Å². The summed E-state index contributed by atoms with van der Waals surface area (Å²) in [6.07, 6.45) is 0. The van der Waals surface area contributed by atoms with Gasteiger partial charge in [-0.25, -0.2) is 0 Å². The third-order valence-corrected chi connectivity index (χ3v) is 13.5. The summed E-state index contributed by atoms with van der Waals surface area (Å²) in [5.41, 5.74) is 5.80. The number of fused-ring (bicyclic) bond motifs is 2. The van der Waals surface area contributed by atoms with Crippen molar-refractivity contribution < 1.29 is 0 Å². The van der Waals surface area contributed by atoms with Gasteiger partial charge in [0, 0.05) is 18.4 Å². The number of hydrogen-bond donors (Lipinski definition) is 0. The van der Waals surface area contributed by atoms with Gasteiger partial charge in [-0.05, 0) is 54.7 Å². The van der Waals surface area contributed by atoms with E-state index in [1.54, 1.807) is 0 Å². The summed E-state index contributed by atoms with van der Waals surface area (Å²) in [6.45, 7) is 21.2. The van der Waals surface area contributed by atoms with Gasteiger partial charge in [0.25, 0.3) is 0 Å². The van der Waals surface area contributed by atoms with Crippen LogP contribution in [0, 0.1) is 0 Å². The van der Waals surface area contributed by atoms with E-state index in [-0.39, 0.29) is 15.9 Å². The summed E-state index contributed by atoms with van der Waals surface area (Å²) in [7, 11) is -0.105. The third-order valence-electron chi connectivity index (χ3n) is 7.61. The highest BCUT2D eigenvalue weighted by molar-refractivity contribution is 7.15. The third kappa shape index (κ3) is 3.67. The molecular weight excluding hydrogens is 414 g/mol. The molecule has 0 aliphatic carbocycles. The van der Waals surface area contributed by atoms with Gasteiger partial charge in [-0.2, -0.15) is 0 Å². The van der Waals surface area contributed by atoms with Gasteiger partial charge in [0.15, 0.2) is 8.07 Å². The molecular formula is C31H41NSi. The maximum atomic E-state index is 2.47. The minimum Gasteiger partial charge on any atom is -0.345 e. The van der Waals surface area contributed by atoms with Gasteiger partial charge in [0.05, 0.1) is 0 Å². The van der Waals surface area contributed by atoms with E-state index < -0.39 is 8.07 Å². The molecule has 0 spiro atoms. The number of para-hydroxylation sites is 1. The van der Waals surface area contributed by atoms with E-state index in [0.29, 0.717) is 0 Å². The Hall–Kier alpha value is -2.32. The molecule has 0 amide bonds. The van der Waals surface area contributed by atoms with Gasteiger partial charge >= 0.3 is 0 Å². The molecule has 0 radical (unpaired) electrons. The van der Waals surface area contributed by atoms with E-state index in [1.807, 2.05) is 0 Å². The van der Waals surface area contributed by atoms with Crippen molar-refractivity contribution in [3.63, 3.8) is 0 Å². The lowest BCUT2D eigenvalue weighted by Crippen LogP contribution is -2.74. The van der Waals surface area contributed by atoms with Crippen LogP contribution < -0.4 is 20.5 Å². The van der Waals surface area contributed by atoms with Crippen molar-refractivity contribution >= 4 is 35.0 Å². The van der Waals surface area contributed by atoms with E-state index in [0.717, 1.165) is 0 Å². The Morgan fingerprint density at radius 1 is 0.576 bits per heavy atom. The Labute approximate surface area is 202 Å². The summed E-state index contributed by atoms with van der Waals surface area (Å²) < 4.78 is 0. The SMILES string of the molecule is CN1c2ccccc2[Si](c2ccc(C(C)(C)C)cc2)(C(C)(C)C)c2ccc(C(C)(C)C)cc21. The number of benzene rings is 3. The van der Waals surface area contributed by atoms with Crippen LogP contribution in [0.2, 0.25) is 5.04 Å². The van der Waals surface area contributed by atoms with Crippen molar-refractivity contribution in [2.24, 2.45) is 0 Å². The summed E-state index contributed by atoms with van der Waals surface area (Å²) >= 11 is 0. The van der Waals surface area contributed by atoms with Crippen LogP contribution in [0.1, 0.15) is 73.4 Å². The molecule has 0 fully saturated rings. The Kier molecular flexibility index (Phi) is 5.48. The molecule has 1 atom stereocenters. The topological polar surface area (TPSA) is 3.24 Å². The average Bonchev–Trinajstić information content (AvgIpc) is 2.72. The van der Waals surface area contributed by atoms with Crippen LogP contribution in [0.3, 0.4) is 0 Å². The lowest BCUT2D eigenvalue weighted by molar-refractivity contribution is 0.590. The molecule has 1 aliphatic rings. The first-order valence-corrected chi connectivity index (χ1v) is 14.3.